The molecule has 3 aromatic rings. The van der Waals surface area contributed by atoms with Crippen molar-refractivity contribution in [1.82, 2.24) is 14.8 Å². The number of hydrogen-bond donors (Lipinski definition) is 1. The van der Waals surface area contributed by atoms with Crippen molar-refractivity contribution in [2.24, 2.45) is 0 Å². The second-order valence-corrected chi connectivity index (χ2v) is 7.77. The van der Waals surface area contributed by atoms with Gasteiger partial charge in [-0.1, -0.05) is 36.4 Å². The molecule has 4 rings (SSSR count). The number of nitrogens with zero attached hydrogens (tertiary/aromatic N) is 3. The maximum Gasteiger partial charge on any atom is 0.253 e. The molecule has 1 aliphatic rings. The number of nitrogens with two attached hydrogens (primary N) is 1. The Bertz CT molecular complexity index is 1020. The predicted octanol–water partition coefficient (Wildman–Crippen LogP) is 3.46. The maximum atomic E-state index is 13.0. The molecular formula is C24H26N4O. The van der Waals surface area contributed by atoms with E-state index < -0.39 is 0 Å². The number of carbonyl (C=O) groups is 1. The molecule has 1 atom stereocenters. The number of anilines is 1. The van der Waals surface area contributed by atoms with Crippen LogP contribution in [0.3, 0.4) is 0 Å². The number of likely N-dealkylation sites (N-methyl/N-ethyl adjacent to an activating group) is 2. The monoisotopic (exact) mass is 386 g/mol. The molecule has 1 amide bonds. The Morgan fingerprint density at radius 3 is 2.59 bits per heavy atom. The number of benzene rings is 2. The molecule has 5 heteroatoms. The molecule has 29 heavy (non-hydrogen) atoms. The smallest absolute Gasteiger partial charge is 0.253 e. The first kappa shape index (κ1) is 19.2. The first-order chi connectivity index (χ1) is 14.0. The summed E-state index contributed by atoms with van der Waals surface area (Å²) in [7, 11) is 4.01. The molecule has 0 bridgehead atoms. The fourth-order valence-electron chi connectivity index (χ4n) is 3.98. The van der Waals surface area contributed by atoms with Gasteiger partial charge in [-0.3, -0.25) is 14.7 Å². The standard InChI is InChI=1S/C24H26N4O/c1-27-15-20-6-4-3-5-19(20)13-21(27)16-28(2)24(29)18-9-7-17(8-10-18)22-14-26-12-11-23(22)25/h3-12,14,21H,13,15-16H2,1-2H3,(H2,25,26). The van der Waals surface area contributed by atoms with Crippen LogP contribution >= 0.6 is 0 Å². The molecule has 2 heterocycles. The van der Waals surface area contributed by atoms with E-state index in [-0.39, 0.29) is 5.91 Å². The minimum atomic E-state index is 0.0305. The third kappa shape index (κ3) is 4.00. The van der Waals surface area contributed by atoms with Crippen molar-refractivity contribution < 1.29 is 4.79 Å². The first-order valence-corrected chi connectivity index (χ1v) is 9.85. The summed E-state index contributed by atoms with van der Waals surface area (Å²) in [5.74, 6) is 0.0305. The fourth-order valence-corrected chi connectivity index (χ4v) is 3.98. The lowest BCUT2D eigenvalue weighted by Crippen LogP contribution is -2.46. The lowest BCUT2D eigenvalue weighted by Gasteiger charge is -2.36. The largest absolute Gasteiger partial charge is 0.398 e. The third-order valence-corrected chi connectivity index (χ3v) is 5.75. The molecule has 5 nitrogen and oxygen atoms in total. The average Bonchev–Trinajstić information content (AvgIpc) is 2.74. The fraction of sp³-hybridized carbons (Fsp3) is 0.250. The molecule has 148 valence electrons. The van der Waals surface area contributed by atoms with Gasteiger partial charge in [-0.05, 0) is 48.4 Å². The van der Waals surface area contributed by atoms with Gasteiger partial charge in [0.25, 0.3) is 5.91 Å². The molecule has 1 aromatic heterocycles. The highest BCUT2D eigenvalue weighted by atomic mass is 16.2. The number of hydrogen-bond acceptors (Lipinski definition) is 4. The molecule has 1 unspecified atom stereocenters. The summed E-state index contributed by atoms with van der Waals surface area (Å²) in [4.78, 5) is 21.2. The van der Waals surface area contributed by atoms with E-state index in [4.69, 9.17) is 5.73 Å². The zero-order chi connectivity index (χ0) is 20.4. The Labute approximate surface area is 171 Å². The van der Waals surface area contributed by atoms with E-state index in [9.17, 15) is 4.79 Å². The van der Waals surface area contributed by atoms with E-state index in [2.05, 4.69) is 41.2 Å². The van der Waals surface area contributed by atoms with Crippen molar-refractivity contribution in [3.8, 4) is 11.1 Å². The summed E-state index contributed by atoms with van der Waals surface area (Å²) in [6, 6.07) is 18.2. The Kier molecular flexibility index (Phi) is 5.32. The van der Waals surface area contributed by atoms with Gasteiger partial charge in [0.15, 0.2) is 0 Å². The van der Waals surface area contributed by atoms with Gasteiger partial charge >= 0.3 is 0 Å². The van der Waals surface area contributed by atoms with Gasteiger partial charge in [0.2, 0.25) is 0 Å². The topological polar surface area (TPSA) is 62.5 Å². The number of amides is 1. The normalized spacial score (nSPS) is 16.3. The van der Waals surface area contributed by atoms with E-state index in [1.165, 1.54) is 11.1 Å². The van der Waals surface area contributed by atoms with Crippen molar-refractivity contribution in [2.45, 2.75) is 19.0 Å². The molecule has 0 saturated heterocycles. The van der Waals surface area contributed by atoms with Gasteiger partial charge in [-0.25, -0.2) is 0 Å². The Hall–Kier alpha value is -3.18. The van der Waals surface area contributed by atoms with Crippen LogP contribution in [0, 0.1) is 0 Å². The number of pyridine rings is 1. The van der Waals surface area contributed by atoms with Crippen LogP contribution in [0.15, 0.2) is 67.0 Å². The second-order valence-electron chi connectivity index (χ2n) is 7.77. The number of fused-ring (bicyclic) bond motifs is 1. The Morgan fingerprint density at radius 1 is 1.14 bits per heavy atom. The van der Waals surface area contributed by atoms with Gasteiger partial charge in [-0.15, -0.1) is 0 Å². The molecule has 2 aromatic carbocycles. The number of aromatic nitrogens is 1. The van der Waals surface area contributed by atoms with Crippen molar-refractivity contribution >= 4 is 11.6 Å². The molecule has 0 saturated carbocycles. The lowest BCUT2D eigenvalue weighted by molar-refractivity contribution is 0.0733. The highest BCUT2D eigenvalue weighted by Gasteiger charge is 2.25. The van der Waals surface area contributed by atoms with Crippen LogP contribution in [-0.4, -0.2) is 47.4 Å². The van der Waals surface area contributed by atoms with Crippen molar-refractivity contribution in [3.63, 3.8) is 0 Å². The minimum absolute atomic E-state index is 0.0305. The zero-order valence-electron chi connectivity index (χ0n) is 16.9. The van der Waals surface area contributed by atoms with Gasteiger partial charge in [0, 0.05) is 55.4 Å². The van der Waals surface area contributed by atoms with Crippen molar-refractivity contribution in [3.05, 3.63) is 83.7 Å². The van der Waals surface area contributed by atoms with Crippen LogP contribution in [0.5, 0.6) is 0 Å². The molecule has 2 N–H and O–H groups in total. The van der Waals surface area contributed by atoms with E-state index in [1.54, 1.807) is 18.5 Å². The zero-order valence-corrected chi connectivity index (χ0v) is 16.9. The Balaban J connectivity index is 1.45. The van der Waals surface area contributed by atoms with Crippen LogP contribution in [0.4, 0.5) is 5.69 Å². The van der Waals surface area contributed by atoms with E-state index in [0.717, 1.165) is 24.1 Å². The van der Waals surface area contributed by atoms with E-state index in [0.29, 0.717) is 23.8 Å². The average molecular weight is 386 g/mol. The van der Waals surface area contributed by atoms with Gasteiger partial charge in [0.05, 0.1) is 0 Å². The molecule has 0 fully saturated rings. The summed E-state index contributed by atoms with van der Waals surface area (Å²) < 4.78 is 0. The van der Waals surface area contributed by atoms with Crippen LogP contribution in [0.1, 0.15) is 21.5 Å². The van der Waals surface area contributed by atoms with Crippen LogP contribution < -0.4 is 5.73 Å². The predicted molar refractivity (Wildman–Crippen MR) is 116 cm³/mol. The number of carbonyl (C=O) groups excluding carboxylic acids is 1. The summed E-state index contributed by atoms with van der Waals surface area (Å²) >= 11 is 0. The summed E-state index contributed by atoms with van der Waals surface area (Å²) in [5, 5.41) is 0. The van der Waals surface area contributed by atoms with Crippen molar-refractivity contribution in [2.75, 3.05) is 26.4 Å². The quantitative estimate of drug-likeness (QED) is 0.746. The van der Waals surface area contributed by atoms with Crippen LogP contribution in [-0.2, 0) is 13.0 Å². The lowest BCUT2D eigenvalue weighted by atomic mass is 9.94. The molecule has 0 spiro atoms. The third-order valence-electron chi connectivity index (χ3n) is 5.75. The maximum absolute atomic E-state index is 13.0. The molecular weight excluding hydrogens is 360 g/mol. The Morgan fingerprint density at radius 2 is 1.86 bits per heavy atom. The molecule has 1 aliphatic heterocycles. The second kappa shape index (κ2) is 8.05. The van der Waals surface area contributed by atoms with Gasteiger partial charge in [-0.2, -0.15) is 0 Å². The van der Waals surface area contributed by atoms with Crippen LogP contribution in [0.2, 0.25) is 0 Å². The van der Waals surface area contributed by atoms with E-state index >= 15 is 0 Å². The SMILES string of the molecule is CN(CC1Cc2ccccc2CN1C)C(=O)c1ccc(-c2cnccc2N)cc1. The van der Waals surface area contributed by atoms with Gasteiger partial charge in [0.1, 0.15) is 0 Å². The van der Waals surface area contributed by atoms with Crippen LogP contribution in [0.25, 0.3) is 11.1 Å². The highest BCUT2D eigenvalue weighted by Crippen LogP contribution is 2.25. The van der Waals surface area contributed by atoms with E-state index in [1.807, 2.05) is 36.2 Å². The first-order valence-electron chi connectivity index (χ1n) is 9.85. The number of rotatable bonds is 4. The van der Waals surface area contributed by atoms with Gasteiger partial charge < -0.3 is 10.6 Å². The summed E-state index contributed by atoms with van der Waals surface area (Å²) in [6.45, 7) is 1.62. The molecule has 0 radical (unpaired) electrons. The summed E-state index contributed by atoms with van der Waals surface area (Å²) in [5.41, 5.74) is 12.0. The molecule has 0 aliphatic carbocycles. The summed E-state index contributed by atoms with van der Waals surface area (Å²) in [6.07, 6.45) is 4.38. The van der Waals surface area contributed by atoms with Crippen molar-refractivity contribution in [1.29, 1.82) is 0 Å². The number of nitrogen functional groups attached to an aromatic ring is 1. The highest BCUT2D eigenvalue weighted by molar-refractivity contribution is 5.94. The minimum Gasteiger partial charge on any atom is -0.398 e.